The van der Waals surface area contributed by atoms with Crippen molar-refractivity contribution in [1.29, 1.82) is 0 Å². The van der Waals surface area contributed by atoms with E-state index in [0.717, 1.165) is 21.1 Å². The molecule has 6 heteroatoms. The molecule has 2 heterocycles. The van der Waals surface area contributed by atoms with Gasteiger partial charge >= 0.3 is 0 Å². The number of aromatic amines is 1. The fourth-order valence-corrected chi connectivity index (χ4v) is 2.65. The van der Waals surface area contributed by atoms with Gasteiger partial charge in [0.2, 0.25) is 0 Å². The number of fused-ring (bicyclic) bond motifs is 3. The third kappa shape index (κ3) is 2.28. The average Bonchev–Trinajstić information content (AvgIpc) is 2.94. The van der Waals surface area contributed by atoms with Gasteiger partial charge in [-0.05, 0) is 25.1 Å². The second kappa shape index (κ2) is 5.42. The third-order valence-corrected chi connectivity index (χ3v) is 3.87. The van der Waals surface area contributed by atoms with Crippen LogP contribution in [0.4, 0.5) is 4.39 Å². The number of hydrogen-bond acceptors (Lipinski definition) is 3. The Morgan fingerprint density at radius 2 is 2.08 bits per heavy atom. The summed E-state index contributed by atoms with van der Waals surface area (Å²) in [6.07, 6.45) is 2.65. The van der Waals surface area contributed by atoms with E-state index in [1.165, 1.54) is 18.6 Å². The van der Waals surface area contributed by atoms with E-state index in [1.54, 1.807) is 18.2 Å². The highest BCUT2D eigenvalue weighted by atomic mass is 19.1. The third-order valence-electron chi connectivity index (χ3n) is 3.87. The smallest absolute Gasteiger partial charge is 0.298 e. The largest absolute Gasteiger partial charge is 0.349 e. The monoisotopic (exact) mass is 320 g/mol. The van der Waals surface area contributed by atoms with Gasteiger partial charge in [0.15, 0.2) is 0 Å². The molecule has 0 aliphatic rings. The van der Waals surface area contributed by atoms with Crippen molar-refractivity contribution in [3.8, 4) is 0 Å². The second-order valence-electron chi connectivity index (χ2n) is 5.56. The lowest BCUT2D eigenvalue weighted by molar-refractivity contribution is 0.625. The summed E-state index contributed by atoms with van der Waals surface area (Å²) in [5.74, 6) is -0.399. The minimum Gasteiger partial charge on any atom is -0.349 e. The molecule has 5 nitrogen and oxygen atoms in total. The molecule has 0 unspecified atom stereocenters. The van der Waals surface area contributed by atoms with Crippen LogP contribution in [-0.4, -0.2) is 20.9 Å². The van der Waals surface area contributed by atoms with Crippen LogP contribution >= 0.6 is 0 Å². The van der Waals surface area contributed by atoms with Crippen molar-refractivity contribution in [3.05, 3.63) is 76.1 Å². The first-order valence-electron chi connectivity index (χ1n) is 7.42. The summed E-state index contributed by atoms with van der Waals surface area (Å²) in [5.41, 5.74) is 2.89. The van der Waals surface area contributed by atoms with E-state index in [1.807, 2.05) is 25.1 Å². The predicted octanol–water partition coefficient (Wildman–Crippen LogP) is 3.21. The lowest BCUT2D eigenvalue weighted by Crippen LogP contribution is -2.17. The maximum absolute atomic E-state index is 13.6. The molecular formula is C18H13FN4O. The molecule has 118 valence electrons. The van der Waals surface area contributed by atoms with Gasteiger partial charge in [-0.3, -0.25) is 4.79 Å². The molecule has 0 atom stereocenters. The Morgan fingerprint density at radius 1 is 1.25 bits per heavy atom. The molecule has 1 N–H and O–H groups in total. The fraction of sp³-hybridized carbons (Fsp3) is 0.0556. The molecule has 0 saturated heterocycles. The van der Waals surface area contributed by atoms with Gasteiger partial charge in [0.05, 0.1) is 6.21 Å². The quantitative estimate of drug-likeness (QED) is 0.576. The zero-order valence-corrected chi connectivity index (χ0v) is 12.8. The van der Waals surface area contributed by atoms with Crippen LogP contribution in [0.3, 0.4) is 0 Å². The van der Waals surface area contributed by atoms with E-state index in [0.29, 0.717) is 16.6 Å². The highest BCUT2D eigenvalue weighted by molar-refractivity contribution is 6.04. The summed E-state index contributed by atoms with van der Waals surface area (Å²) in [4.78, 5) is 20.0. The van der Waals surface area contributed by atoms with Crippen molar-refractivity contribution in [3.63, 3.8) is 0 Å². The molecule has 0 aliphatic heterocycles. The molecule has 0 radical (unpaired) electrons. The van der Waals surface area contributed by atoms with Gasteiger partial charge in [0, 0.05) is 16.5 Å². The zero-order valence-electron chi connectivity index (χ0n) is 12.8. The molecule has 24 heavy (non-hydrogen) atoms. The molecule has 0 saturated carbocycles. The van der Waals surface area contributed by atoms with Gasteiger partial charge in [0.25, 0.3) is 5.56 Å². The predicted molar refractivity (Wildman–Crippen MR) is 92.0 cm³/mol. The number of nitrogens with one attached hydrogen (secondary N) is 1. The minimum atomic E-state index is -0.399. The minimum absolute atomic E-state index is 0.303. The van der Waals surface area contributed by atoms with Crippen molar-refractivity contribution < 1.29 is 4.39 Å². The van der Waals surface area contributed by atoms with Gasteiger partial charge in [0.1, 0.15) is 23.2 Å². The number of aryl methyl sites for hydroxylation is 1. The number of H-pyrrole nitrogens is 1. The van der Waals surface area contributed by atoms with Gasteiger partial charge in [-0.1, -0.05) is 29.8 Å². The molecule has 2 aromatic heterocycles. The summed E-state index contributed by atoms with van der Waals surface area (Å²) >= 11 is 0. The molecule has 0 fully saturated rings. The maximum atomic E-state index is 13.6. The van der Waals surface area contributed by atoms with Gasteiger partial charge in [-0.2, -0.15) is 9.78 Å². The highest BCUT2D eigenvalue weighted by Gasteiger charge is 2.10. The molecule has 0 amide bonds. The zero-order chi connectivity index (χ0) is 16.7. The lowest BCUT2D eigenvalue weighted by Gasteiger charge is -1.98. The molecule has 4 rings (SSSR count). The summed E-state index contributed by atoms with van der Waals surface area (Å²) in [7, 11) is 0. The number of rotatable bonds is 2. The Labute approximate surface area is 136 Å². The normalized spacial score (nSPS) is 11.8. The number of aromatic nitrogens is 3. The first-order valence-corrected chi connectivity index (χ1v) is 7.42. The van der Waals surface area contributed by atoms with Crippen LogP contribution in [0.5, 0.6) is 0 Å². The van der Waals surface area contributed by atoms with E-state index < -0.39 is 5.82 Å². The van der Waals surface area contributed by atoms with E-state index in [9.17, 15) is 9.18 Å². The number of benzene rings is 2. The lowest BCUT2D eigenvalue weighted by atomic mass is 10.2. The van der Waals surface area contributed by atoms with Crippen LogP contribution < -0.4 is 5.56 Å². The average molecular weight is 320 g/mol. The van der Waals surface area contributed by atoms with Gasteiger partial charge in [-0.25, -0.2) is 9.37 Å². The van der Waals surface area contributed by atoms with Crippen molar-refractivity contribution in [1.82, 2.24) is 14.6 Å². The van der Waals surface area contributed by atoms with Crippen molar-refractivity contribution in [2.45, 2.75) is 6.92 Å². The standard InChI is InChI=1S/C18H13FN4O/c1-11-6-7-15-13(8-11)16-17(22-15)18(24)23(10-20-16)21-9-12-4-2-3-5-14(12)19/h2-10,22H,1H3. The van der Waals surface area contributed by atoms with Crippen LogP contribution in [0.2, 0.25) is 0 Å². The molecular weight excluding hydrogens is 307 g/mol. The highest BCUT2D eigenvalue weighted by Crippen LogP contribution is 2.22. The Hall–Kier alpha value is -3.28. The second-order valence-corrected chi connectivity index (χ2v) is 5.56. The molecule has 4 aromatic rings. The summed E-state index contributed by atoms with van der Waals surface area (Å²) in [5, 5.41) is 4.93. The van der Waals surface area contributed by atoms with E-state index in [2.05, 4.69) is 15.1 Å². The molecule has 2 aromatic carbocycles. The van der Waals surface area contributed by atoms with Gasteiger partial charge in [-0.15, -0.1) is 0 Å². The van der Waals surface area contributed by atoms with Crippen molar-refractivity contribution in [2.24, 2.45) is 5.10 Å². The Balaban J connectivity index is 1.86. The maximum Gasteiger partial charge on any atom is 0.298 e. The Bertz CT molecular complexity index is 1160. The fourth-order valence-electron chi connectivity index (χ4n) is 2.65. The van der Waals surface area contributed by atoms with Gasteiger partial charge < -0.3 is 4.98 Å². The van der Waals surface area contributed by atoms with Crippen LogP contribution in [0.25, 0.3) is 21.9 Å². The summed E-state index contributed by atoms with van der Waals surface area (Å²) in [6, 6.07) is 12.1. The van der Waals surface area contributed by atoms with Crippen LogP contribution in [0, 0.1) is 12.7 Å². The molecule has 0 bridgehead atoms. The van der Waals surface area contributed by atoms with Crippen molar-refractivity contribution >= 4 is 28.2 Å². The van der Waals surface area contributed by atoms with E-state index in [-0.39, 0.29) is 5.56 Å². The summed E-state index contributed by atoms with van der Waals surface area (Å²) in [6.45, 7) is 1.98. The van der Waals surface area contributed by atoms with E-state index >= 15 is 0 Å². The first-order chi connectivity index (χ1) is 11.6. The Morgan fingerprint density at radius 3 is 2.92 bits per heavy atom. The number of halogens is 1. The van der Waals surface area contributed by atoms with Crippen molar-refractivity contribution in [2.75, 3.05) is 0 Å². The summed E-state index contributed by atoms with van der Waals surface area (Å²) < 4.78 is 14.7. The SMILES string of the molecule is Cc1ccc2[nH]c3c(=O)n(N=Cc4ccccc4F)cnc3c2c1. The Kier molecular flexibility index (Phi) is 3.23. The topological polar surface area (TPSA) is 63.0 Å². The van der Waals surface area contributed by atoms with Crippen LogP contribution in [0.15, 0.2) is 58.7 Å². The van der Waals surface area contributed by atoms with E-state index in [4.69, 9.17) is 0 Å². The van der Waals surface area contributed by atoms with Crippen LogP contribution in [-0.2, 0) is 0 Å². The first kappa shape index (κ1) is 14.3. The van der Waals surface area contributed by atoms with Crippen LogP contribution in [0.1, 0.15) is 11.1 Å². The molecule has 0 spiro atoms. The number of nitrogens with zero attached hydrogens (tertiary/aromatic N) is 3. The molecule has 0 aliphatic carbocycles. The number of hydrogen-bond donors (Lipinski definition) is 1.